The minimum atomic E-state index is 0.457. The predicted octanol–water partition coefficient (Wildman–Crippen LogP) is 2.57. The lowest BCUT2D eigenvalue weighted by Gasteiger charge is -2.30. The van der Waals surface area contributed by atoms with Crippen molar-refractivity contribution in [2.45, 2.75) is 70.6 Å². The number of hydrogen-bond donors (Lipinski definition) is 1. The Bertz CT molecular complexity index is 416. The Labute approximate surface area is 122 Å². The van der Waals surface area contributed by atoms with Crippen molar-refractivity contribution >= 4 is 0 Å². The van der Waals surface area contributed by atoms with Crippen LogP contribution in [0.3, 0.4) is 0 Å². The van der Waals surface area contributed by atoms with Crippen LogP contribution in [0.5, 0.6) is 0 Å². The number of hydrogen-bond acceptors (Lipinski definition) is 3. The van der Waals surface area contributed by atoms with E-state index in [2.05, 4.69) is 41.0 Å². The quantitative estimate of drug-likeness (QED) is 0.867. The minimum absolute atomic E-state index is 0.457. The van der Waals surface area contributed by atoms with E-state index in [1.807, 2.05) is 0 Å². The van der Waals surface area contributed by atoms with Crippen molar-refractivity contribution < 1.29 is 0 Å². The number of rotatable bonds is 6. The van der Waals surface area contributed by atoms with E-state index in [0.29, 0.717) is 12.1 Å². The van der Waals surface area contributed by atoms with Crippen molar-refractivity contribution in [3.8, 4) is 0 Å². The molecule has 1 saturated heterocycles. The Morgan fingerprint density at radius 2 is 2.20 bits per heavy atom. The van der Waals surface area contributed by atoms with Gasteiger partial charge in [0.05, 0.1) is 5.69 Å². The van der Waals surface area contributed by atoms with E-state index in [1.54, 1.807) is 0 Å². The Morgan fingerprint density at radius 3 is 2.80 bits per heavy atom. The maximum Gasteiger partial charge on any atom is 0.0765 e. The average molecular weight is 276 g/mol. The highest BCUT2D eigenvalue weighted by atomic mass is 15.3. The van der Waals surface area contributed by atoms with E-state index < -0.39 is 0 Å². The van der Waals surface area contributed by atoms with Gasteiger partial charge in [0.1, 0.15) is 0 Å². The smallest absolute Gasteiger partial charge is 0.0765 e. The zero-order chi connectivity index (χ0) is 13.9. The number of nitrogens with zero attached hydrogens (tertiary/aromatic N) is 3. The number of aromatic nitrogens is 2. The van der Waals surface area contributed by atoms with Crippen molar-refractivity contribution in [2.24, 2.45) is 0 Å². The summed E-state index contributed by atoms with van der Waals surface area (Å²) >= 11 is 0. The maximum atomic E-state index is 4.71. The van der Waals surface area contributed by atoms with Gasteiger partial charge in [-0.2, -0.15) is 5.10 Å². The standard InChI is InChI=1S/C16H28N4/c1-13(2)20-10-8-15(18-20)12-19(16-6-7-16)11-14-5-3-4-9-17-14/h8,10,13-14,16-17H,3-7,9,11-12H2,1-2H3. The zero-order valence-corrected chi connectivity index (χ0v) is 12.9. The molecule has 0 bridgehead atoms. The fraction of sp³-hybridized carbons (Fsp3) is 0.812. The Morgan fingerprint density at radius 1 is 1.35 bits per heavy atom. The van der Waals surface area contributed by atoms with Gasteiger partial charge in [-0.3, -0.25) is 9.58 Å². The van der Waals surface area contributed by atoms with Crippen molar-refractivity contribution in [1.82, 2.24) is 20.0 Å². The molecular weight excluding hydrogens is 248 g/mol. The van der Waals surface area contributed by atoms with Crippen LogP contribution in [0.1, 0.15) is 57.7 Å². The molecule has 112 valence electrons. The topological polar surface area (TPSA) is 33.1 Å². The summed E-state index contributed by atoms with van der Waals surface area (Å²) in [6.45, 7) is 7.77. The van der Waals surface area contributed by atoms with Gasteiger partial charge in [-0.25, -0.2) is 0 Å². The molecule has 1 aliphatic heterocycles. The van der Waals surface area contributed by atoms with Crippen LogP contribution in [0.25, 0.3) is 0 Å². The van der Waals surface area contributed by atoms with E-state index in [9.17, 15) is 0 Å². The maximum absolute atomic E-state index is 4.71. The van der Waals surface area contributed by atoms with E-state index in [1.165, 1.54) is 50.9 Å². The molecule has 3 rings (SSSR count). The van der Waals surface area contributed by atoms with E-state index in [-0.39, 0.29) is 0 Å². The first-order chi connectivity index (χ1) is 9.72. The summed E-state index contributed by atoms with van der Waals surface area (Å²) in [5.74, 6) is 0. The summed E-state index contributed by atoms with van der Waals surface area (Å²) in [4.78, 5) is 2.65. The van der Waals surface area contributed by atoms with Gasteiger partial charge in [-0.1, -0.05) is 6.42 Å². The fourth-order valence-corrected chi connectivity index (χ4v) is 3.10. The summed E-state index contributed by atoms with van der Waals surface area (Å²) in [7, 11) is 0. The molecule has 1 N–H and O–H groups in total. The van der Waals surface area contributed by atoms with Gasteiger partial charge in [0, 0.05) is 37.4 Å². The Hall–Kier alpha value is -0.870. The first-order valence-electron chi connectivity index (χ1n) is 8.24. The van der Waals surface area contributed by atoms with Crippen LogP contribution in [-0.4, -0.2) is 39.9 Å². The molecule has 0 aromatic carbocycles. The number of nitrogens with one attached hydrogen (secondary N) is 1. The van der Waals surface area contributed by atoms with Gasteiger partial charge >= 0.3 is 0 Å². The molecule has 1 aromatic heterocycles. The highest BCUT2D eigenvalue weighted by Gasteiger charge is 2.31. The van der Waals surface area contributed by atoms with Crippen LogP contribution in [0.2, 0.25) is 0 Å². The molecule has 1 atom stereocenters. The molecule has 0 spiro atoms. The number of piperidine rings is 1. The van der Waals surface area contributed by atoms with Gasteiger partial charge in [0.2, 0.25) is 0 Å². The highest BCUT2D eigenvalue weighted by molar-refractivity contribution is 5.01. The first-order valence-corrected chi connectivity index (χ1v) is 8.24. The zero-order valence-electron chi connectivity index (χ0n) is 12.9. The SMILES string of the molecule is CC(C)n1ccc(CN(CC2CCCCN2)C2CC2)n1. The first kappa shape index (κ1) is 14.1. The molecule has 0 radical (unpaired) electrons. The fourth-order valence-electron chi connectivity index (χ4n) is 3.10. The average Bonchev–Trinajstić information content (AvgIpc) is 3.19. The monoisotopic (exact) mass is 276 g/mol. The van der Waals surface area contributed by atoms with Crippen LogP contribution in [0.15, 0.2) is 12.3 Å². The molecule has 1 aliphatic carbocycles. The molecule has 1 aromatic rings. The molecule has 2 heterocycles. The molecule has 0 amide bonds. The summed E-state index contributed by atoms with van der Waals surface area (Å²) in [5.41, 5.74) is 1.22. The van der Waals surface area contributed by atoms with Crippen molar-refractivity contribution in [3.63, 3.8) is 0 Å². The molecular formula is C16H28N4. The van der Waals surface area contributed by atoms with Crippen molar-refractivity contribution in [1.29, 1.82) is 0 Å². The van der Waals surface area contributed by atoms with E-state index in [4.69, 9.17) is 5.10 Å². The summed E-state index contributed by atoms with van der Waals surface area (Å²) < 4.78 is 2.07. The van der Waals surface area contributed by atoms with Gasteiger partial charge in [0.25, 0.3) is 0 Å². The van der Waals surface area contributed by atoms with Crippen LogP contribution < -0.4 is 5.32 Å². The lowest BCUT2D eigenvalue weighted by molar-refractivity contribution is 0.205. The van der Waals surface area contributed by atoms with Gasteiger partial charge in [-0.15, -0.1) is 0 Å². The third-order valence-corrected chi connectivity index (χ3v) is 4.49. The molecule has 4 nitrogen and oxygen atoms in total. The highest BCUT2D eigenvalue weighted by Crippen LogP contribution is 2.29. The lowest BCUT2D eigenvalue weighted by Crippen LogP contribution is -2.44. The normalized spacial score (nSPS) is 23.7. The molecule has 20 heavy (non-hydrogen) atoms. The van der Waals surface area contributed by atoms with Gasteiger partial charge in [-0.05, 0) is 52.1 Å². The van der Waals surface area contributed by atoms with Crippen LogP contribution in [0, 0.1) is 0 Å². The van der Waals surface area contributed by atoms with Gasteiger partial charge in [0.15, 0.2) is 0 Å². The van der Waals surface area contributed by atoms with Gasteiger partial charge < -0.3 is 5.32 Å². The van der Waals surface area contributed by atoms with Crippen LogP contribution in [-0.2, 0) is 6.54 Å². The minimum Gasteiger partial charge on any atom is -0.313 e. The third-order valence-electron chi connectivity index (χ3n) is 4.49. The summed E-state index contributed by atoms with van der Waals surface area (Å²) in [6.07, 6.45) is 8.93. The lowest BCUT2D eigenvalue weighted by atomic mass is 10.0. The Balaban J connectivity index is 1.58. The van der Waals surface area contributed by atoms with Crippen molar-refractivity contribution in [3.05, 3.63) is 18.0 Å². The molecule has 2 fully saturated rings. The second kappa shape index (κ2) is 6.27. The summed E-state index contributed by atoms with van der Waals surface area (Å²) in [5, 5.41) is 8.38. The van der Waals surface area contributed by atoms with E-state index in [0.717, 1.165) is 12.6 Å². The molecule has 4 heteroatoms. The third kappa shape index (κ3) is 3.61. The van der Waals surface area contributed by atoms with E-state index >= 15 is 0 Å². The second-order valence-corrected chi connectivity index (χ2v) is 6.69. The second-order valence-electron chi connectivity index (χ2n) is 6.69. The largest absolute Gasteiger partial charge is 0.313 e. The van der Waals surface area contributed by atoms with Crippen molar-refractivity contribution in [2.75, 3.05) is 13.1 Å². The van der Waals surface area contributed by atoms with Crippen LogP contribution in [0.4, 0.5) is 0 Å². The summed E-state index contributed by atoms with van der Waals surface area (Å²) in [6, 6.07) is 4.14. The molecule has 1 saturated carbocycles. The molecule has 2 aliphatic rings. The molecule has 1 unspecified atom stereocenters. The van der Waals surface area contributed by atoms with Crippen LogP contribution >= 0.6 is 0 Å². The predicted molar refractivity (Wildman–Crippen MR) is 81.7 cm³/mol. The Kier molecular flexibility index (Phi) is 4.41.